The molecule has 12 heavy (non-hydrogen) atoms. The molecular weight excluding hydrogens is 168 g/mol. The van der Waals surface area contributed by atoms with Crippen LogP contribution in [-0.4, -0.2) is 20.2 Å². The Labute approximate surface area is 71.3 Å². The van der Waals surface area contributed by atoms with E-state index in [2.05, 4.69) is 0 Å². The van der Waals surface area contributed by atoms with Gasteiger partial charge in [0.05, 0.1) is 0 Å². The number of hydrogen-bond acceptors (Lipinski definition) is 1. The maximum Gasteiger partial charge on any atom is 0.480 e. The fourth-order valence-corrected chi connectivity index (χ4v) is 0.638. The maximum atomic E-state index is 11.6. The second kappa shape index (κ2) is 5.46. The Balaban J connectivity index is 3.12. The molecule has 0 spiro atoms. The van der Waals surface area contributed by atoms with Gasteiger partial charge in [0.15, 0.2) is 0 Å². The van der Waals surface area contributed by atoms with Crippen LogP contribution in [0.3, 0.4) is 0 Å². The van der Waals surface area contributed by atoms with Crippen LogP contribution in [0.5, 0.6) is 0 Å². The van der Waals surface area contributed by atoms with Crippen molar-refractivity contribution in [3.05, 3.63) is 0 Å². The van der Waals surface area contributed by atoms with E-state index in [1.54, 1.807) is 0 Å². The van der Waals surface area contributed by atoms with Gasteiger partial charge in [-0.05, 0) is 12.3 Å². The van der Waals surface area contributed by atoms with E-state index in [0.717, 1.165) is 6.42 Å². The lowest BCUT2D eigenvalue weighted by Gasteiger charge is -2.13. The Morgan fingerprint density at radius 2 is 1.75 bits per heavy atom. The van der Waals surface area contributed by atoms with Gasteiger partial charge < -0.3 is 17.7 Å². The minimum absolute atomic E-state index is 0.184. The third kappa shape index (κ3) is 9.81. The lowest BCUT2D eigenvalue weighted by atomic mass is 9.87. The minimum atomic E-state index is -4.66. The van der Waals surface area contributed by atoms with Crippen molar-refractivity contribution >= 4 is 6.98 Å². The van der Waals surface area contributed by atoms with Crippen LogP contribution in [0.1, 0.15) is 20.3 Å². The van der Waals surface area contributed by atoms with E-state index in [1.807, 2.05) is 13.8 Å². The summed E-state index contributed by atoms with van der Waals surface area (Å²) in [6.45, 7) is -0.387. The summed E-state index contributed by atoms with van der Waals surface area (Å²) in [7, 11) is 0. The van der Waals surface area contributed by atoms with Crippen molar-refractivity contribution < 1.29 is 17.7 Å². The van der Waals surface area contributed by atoms with Crippen molar-refractivity contribution in [2.24, 2.45) is 5.92 Å². The molecule has 0 rings (SSSR count). The first kappa shape index (κ1) is 11.8. The largest absolute Gasteiger partial charge is 0.480 e. The predicted molar refractivity (Wildman–Crippen MR) is 44.2 cm³/mol. The molecule has 0 aliphatic heterocycles. The SMILES string of the molecule is CC(C)CCOCC[B-](F)(F)F. The van der Waals surface area contributed by atoms with E-state index < -0.39 is 13.3 Å². The maximum absolute atomic E-state index is 11.6. The van der Waals surface area contributed by atoms with Gasteiger partial charge in [-0.15, -0.1) is 0 Å². The zero-order chi connectivity index (χ0) is 9.61. The lowest BCUT2D eigenvalue weighted by Crippen LogP contribution is -2.17. The molecule has 0 aromatic carbocycles. The number of rotatable bonds is 6. The van der Waals surface area contributed by atoms with Crippen LogP contribution < -0.4 is 0 Å². The van der Waals surface area contributed by atoms with Gasteiger partial charge in [-0.25, -0.2) is 0 Å². The molecule has 0 aliphatic carbocycles. The Morgan fingerprint density at radius 3 is 2.17 bits per heavy atom. The highest BCUT2D eigenvalue weighted by Crippen LogP contribution is 2.14. The molecule has 0 bridgehead atoms. The molecule has 5 heteroatoms. The first-order valence-corrected chi connectivity index (χ1v) is 4.20. The van der Waals surface area contributed by atoms with Gasteiger partial charge in [-0.2, -0.15) is 0 Å². The average molecular weight is 183 g/mol. The number of halogens is 3. The van der Waals surface area contributed by atoms with Crippen LogP contribution in [0.25, 0.3) is 0 Å². The summed E-state index contributed by atoms with van der Waals surface area (Å²) in [6, 6.07) is 0. The standard InChI is InChI=1S/C7H15BF3O/c1-7(2)3-5-12-6-4-8(9,10)11/h7H,3-6H2,1-2H3/q-1. The van der Waals surface area contributed by atoms with Crippen LogP contribution in [0.4, 0.5) is 12.9 Å². The Kier molecular flexibility index (Phi) is 5.37. The quantitative estimate of drug-likeness (QED) is 0.454. The van der Waals surface area contributed by atoms with Crippen molar-refractivity contribution in [1.82, 2.24) is 0 Å². The molecule has 0 aliphatic rings. The summed E-state index contributed by atoms with van der Waals surface area (Å²) in [6.07, 6.45) is 0.0446. The van der Waals surface area contributed by atoms with Crippen molar-refractivity contribution in [2.45, 2.75) is 26.6 Å². The molecule has 0 saturated carbocycles. The predicted octanol–water partition coefficient (Wildman–Crippen LogP) is 2.90. The van der Waals surface area contributed by atoms with Crippen LogP contribution in [0, 0.1) is 5.92 Å². The topological polar surface area (TPSA) is 9.23 Å². The Bertz CT molecular complexity index is 114. The molecule has 0 aromatic heterocycles. The van der Waals surface area contributed by atoms with Gasteiger partial charge in [-0.3, -0.25) is 0 Å². The molecular formula is C7H15BF3O-. The van der Waals surface area contributed by atoms with Crippen LogP contribution in [-0.2, 0) is 4.74 Å². The summed E-state index contributed by atoms with van der Waals surface area (Å²) in [5.74, 6) is 0.487. The molecule has 74 valence electrons. The summed E-state index contributed by atoms with van der Waals surface area (Å²) in [5.41, 5.74) is 0. The highest BCUT2D eigenvalue weighted by Gasteiger charge is 2.21. The van der Waals surface area contributed by atoms with Gasteiger partial charge in [-0.1, -0.05) is 20.2 Å². The Hall–Kier alpha value is -0.185. The fraction of sp³-hybridized carbons (Fsp3) is 1.00. The first-order chi connectivity index (χ1) is 5.42. The number of ether oxygens (including phenoxy) is 1. The monoisotopic (exact) mass is 183 g/mol. The molecule has 0 saturated heterocycles. The zero-order valence-corrected chi connectivity index (χ0v) is 7.53. The molecule has 0 fully saturated rings. The number of hydrogen-bond donors (Lipinski definition) is 0. The molecule has 0 heterocycles. The van der Waals surface area contributed by atoms with Crippen molar-refractivity contribution in [3.63, 3.8) is 0 Å². The minimum Gasteiger partial charge on any atom is -0.449 e. The van der Waals surface area contributed by atoms with E-state index >= 15 is 0 Å². The van der Waals surface area contributed by atoms with E-state index in [4.69, 9.17) is 4.74 Å². The summed E-state index contributed by atoms with van der Waals surface area (Å²) in [4.78, 5) is 0. The second-order valence-corrected chi connectivity index (χ2v) is 3.29. The average Bonchev–Trinajstić information content (AvgIpc) is 1.83. The van der Waals surface area contributed by atoms with Crippen molar-refractivity contribution in [3.8, 4) is 0 Å². The van der Waals surface area contributed by atoms with Crippen LogP contribution in [0.2, 0.25) is 6.32 Å². The third-order valence-electron chi connectivity index (χ3n) is 1.43. The normalized spacial score (nSPS) is 12.5. The molecule has 0 N–H and O–H groups in total. The molecule has 0 aromatic rings. The second-order valence-electron chi connectivity index (χ2n) is 3.29. The van der Waals surface area contributed by atoms with E-state index in [9.17, 15) is 12.9 Å². The van der Waals surface area contributed by atoms with Gasteiger partial charge in [0.1, 0.15) is 0 Å². The van der Waals surface area contributed by atoms with Gasteiger partial charge in [0.2, 0.25) is 0 Å². The molecule has 0 atom stereocenters. The van der Waals surface area contributed by atoms with Crippen LogP contribution >= 0.6 is 0 Å². The van der Waals surface area contributed by atoms with E-state index in [1.165, 1.54) is 0 Å². The van der Waals surface area contributed by atoms with Crippen molar-refractivity contribution in [1.29, 1.82) is 0 Å². The third-order valence-corrected chi connectivity index (χ3v) is 1.43. The fourth-order valence-electron chi connectivity index (χ4n) is 0.638. The smallest absolute Gasteiger partial charge is 0.449 e. The zero-order valence-electron chi connectivity index (χ0n) is 7.53. The molecule has 0 amide bonds. The summed E-state index contributed by atoms with van der Waals surface area (Å²) < 4.78 is 39.7. The van der Waals surface area contributed by atoms with Gasteiger partial charge in [0.25, 0.3) is 0 Å². The summed E-state index contributed by atoms with van der Waals surface area (Å²) in [5, 5.41) is 0. The highest BCUT2D eigenvalue weighted by atomic mass is 19.4. The molecule has 0 radical (unpaired) electrons. The van der Waals surface area contributed by atoms with Crippen molar-refractivity contribution in [2.75, 3.05) is 13.2 Å². The first-order valence-electron chi connectivity index (χ1n) is 4.20. The summed E-state index contributed by atoms with van der Waals surface area (Å²) >= 11 is 0. The van der Waals surface area contributed by atoms with Gasteiger partial charge >= 0.3 is 6.98 Å². The van der Waals surface area contributed by atoms with Gasteiger partial charge in [0, 0.05) is 13.2 Å². The van der Waals surface area contributed by atoms with E-state index in [-0.39, 0.29) is 6.61 Å². The van der Waals surface area contributed by atoms with E-state index in [0.29, 0.717) is 12.5 Å². The molecule has 1 nitrogen and oxygen atoms in total. The lowest BCUT2D eigenvalue weighted by molar-refractivity contribution is 0.131. The molecule has 0 unspecified atom stereocenters. The van der Waals surface area contributed by atoms with Crippen LogP contribution in [0.15, 0.2) is 0 Å². The highest BCUT2D eigenvalue weighted by molar-refractivity contribution is 6.58. The Morgan fingerprint density at radius 1 is 1.17 bits per heavy atom.